The number of aromatic amines is 1. The lowest BCUT2D eigenvalue weighted by molar-refractivity contribution is 0.720. The Balaban J connectivity index is 1.77. The molecule has 3 rings (SSSR count). The summed E-state index contributed by atoms with van der Waals surface area (Å²) in [5.74, 6) is 0.284. The summed E-state index contributed by atoms with van der Waals surface area (Å²) in [7, 11) is 0. The molecule has 3 nitrogen and oxygen atoms in total. The highest BCUT2D eigenvalue weighted by atomic mass is 32.1. The van der Waals surface area contributed by atoms with Crippen LogP contribution in [0, 0.1) is 0 Å². The van der Waals surface area contributed by atoms with Crippen molar-refractivity contribution in [2.24, 2.45) is 0 Å². The lowest BCUT2D eigenvalue weighted by Crippen LogP contribution is -2.38. The van der Waals surface area contributed by atoms with Crippen LogP contribution in [0.1, 0.15) is 36.1 Å². The second-order valence-electron chi connectivity index (χ2n) is 5.85. The van der Waals surface area contributed by atoms with Gasteiger partial charge in [0.25, 0.3) is 0 Å². The SMILES string of the molecule is CCCCNC(=S)NCC(c1cccs1)c1c[nH]c2ccccc12. The second kappa shape index (κ2) is 8.31. The Kier molecular flexibility index (Phi) is 5.88. The Hall–Kier alpha value is -1.85. The maximum Gasteiger partial charge on any atom is 0.166 e. The van der Waals surface area contributed by atoms with Gasteiger partial charge in [-0.05, 0) is 41.7 Å². The van der Waals surface area contributed by atoms with Crippen molar-refractivity contribution in [3.05, 3.63) is 58.4 Å². The number of thiophene rings is 1. The molecule has 2 aromatic heterocycles. The number of hydrogen-bond acceptors (Lipinski definition) is 2. The minimum Gasteiger partial charge on any atom is -0.363 e. The van der Waals surface area contributed by atoms with Crippen molar-refractivity contribution in [2.75, 3.05) is 13.1 Å². The van der Waals surface area contributed by atoms with Crippen LogP contribution in [0.2, 0.25) is 0 Å². The Morgan fingerprint density at radius 1 is 1.21 bits per heavy atom. The van der Waals surface area contributed by atoms with Crippen molar-refractivity contribution in [2.45, 2.75) is 25.7 Å². The van der Waals surface area contributed by atoms with Crippen LogP contribution in [-0.4, -0.2) is 23.2 Å². The highest BCUT2D eigenvalue weighted by Gasteiger charge is 2.19. The number of benzene rings is 1. The fraction of sp³-hybridized carbons (Fsp3) is 0.316. The maximum atomic E-state index is 5.41. The van der Waals surface area contributed by atoms with Gasteiger partial charge in [-0.25, -0.2) is 0 Å². The number of rotatable bonds is 7. The van der Waals surface area contributed by atoms with Crippen LogP contribution in [0.25, 0.3) is 10.9 Å². The average Bonchev–Trinajstić information content (AvgIpc) is 3.26. The van der Waals surface area contributed by atoms with E-state index in [4.69, 9.17) is 12.2 Å². The van der Waals surface area contributed by atoms with Gasteiger partial charge in [-0.2, -0.15) is 0 Å². The molecule has 0 bridgehead atoms. The summed E-state index contributed by atoms with van der Waals surface area (Å²) in [5.41, 5.74) is 2.50. The van der Waals surface area contributed by atoms with Crippen LogP contribution in [0.5, 0.6) is 0 Å². The number of hydrogen-bond donors (Lipinski definition) is 3. The highest BCUT2D eigenvalue weighted by molar-refractivity contribution is 7.80. The molecule has 0 aliphatic heterocycles. The monoisotopic (exact) mass is 357 g/mol. The fourth-order valence-electron chi connectivity index (χ4n) is 2.87. The lowest BCUT2D eigenvalue weighted by atomic mass is 9.97. The van der Waals surface area contributed by atoms with Crippen molar-refractivity contribution in [3.63, 3.8) is 0 Å². The Morgan fingerprint density at radius 3 is 2.88 bits per heavy atom. The van der Waals surface area contributed by atoms with Gasteiger partial charge in [-0.1, -0.05) is 37.6 Å². The molecule has 24 heavy (non-hydrogen) atoms. The van der Waals surface area contributed by atoms with Gasteiger partial charge in [0.1, 0.15) is 0 Å². The molecule has 1 atom stereocenters. The molecule has 0 aliphatic carbocycles. The van der Waals surface area contributed by atoms with Gasteiger partial charge in [0.15, 0.2) is 5.11 Å². The Morgan fingerprint density at radius 2 is 2.08 bits per heavy atom. The van der Waals surface area contributed by atoms with E-state index >= 15 is 0 Å². The van der Waals surface area contributed by atoms with Crippen LogP contribution in [0.15, 0.2) is 48.0 Å². The van der Waals surface area contributed by atoms with E-state index in [0.29, 0.717) is 0 Å². The summed E-state index contributed by atoms with van der Waals surface area (Å²) in [6.45, 7) is 3.90. The summed E-state index contributed by atoms with van der Waals surface area (Å²) in [5, 5.41) is 10.8. The van der Waals surface area contributed by atoms with Crippen molar-refractivity contribution in [1.82, 2.24) is 15.6 Å². The highest BCUT2D eigenvalue weighted by Crippen LogP contribution is 2.32. The molecule has 0 radical (unpaired) electrons. The summed E-state index contributed by atoms with van der Waals surface area (Å²) in [4.78, 5) is 4.74. The van der Waals surface area contributed by atoms with E-state index in [1.54, 1.807) is 11.3 Å². The largest absolute Gasteiger partial charge is 0.363 e. The molecule has 3 aromatic rings. The van der Waals surface area contributed by atoms with Gasteiger partial charge in [0, 0.05) is 41.0 Å². The molecule has 5 heteroatoms. The van der Waals surface area contributed by atoms with E-state index in [1.165, 1.54) is 27.8 Å². The minimum absolute atomic E-state index is 0.284. The number of fused-ring (bicyclic) bond motifs is 1. The number of unbranched alkanes of at least 4 members (excludes halogenated alkanes) is 1. The van der Waals surface area contributed by atoms with E-state index in [0.717, 1.165) is 24.6 Å². The predicted molar refractivity (Wildman–Crippen MR) is 108 cm³/mol. The van der Waals surface area contributed by atoms with E-state index in [9.17, 15) is 0 Å². The summed E-state index contributed by atoms with van der Waals surface area (Å²) in [6, 6.07) is 12.8. The second-order valence-corrected chi connectivity index (χ2v) is 7.24. The zero-order chi connectivity index (χ0) is 16.8. The minimum atomic E-state index is 0.284. The average molecular weight is 358 g/mol. The van der Waals surface area contributed by atoms with Gasteiger partial charge < -0.3 is 15.6 Å². The van der Waals surface area contributed by atoms with Gasteiger partial charge >= 0.3 is 0 Å². The third-order valence-corrected chi connectivity index (χ3v) is 5.44. The number of aromatic nitrogens is 1. The quantitative estimate of drug-likeness (QED) is 0.427. The van der Waals surface area contributed by atoms with Gasteiger partial charge in [0.05, 0.1) is 0 Å². The van der Waals surface area contributed by atoms with Gasteiger partial charge in [-0.3, -0.25) is 0 Å². The molecule has 0 spiro atoms. The van der Waals surface area contributed by atoms with Gasteiger partial charge in [-0.15, -0.1) is 11.3 Å². The zero-order valence-corrected chi connectivity index (χ0v) is 15.5. The Labute approximate surface area is 152 Å². The van der Waals surface area contributed by atoms with Crippen LogP contribution in [0.4, 0.5) is 0 Å². The Bertz CT molecular complexity index is 777. The standard InChI is InChI=1S/C19H23N3S2/c1-2-3-10-20-19(23)22-13-16(18-9-6-11-24-18)15-12-21-17-8-5-4-7-14(15)17/h4-9,11-12,16,21H,2-3,10,13H2,1H3,(H2,20,22,23). The smallest absolute Gasteiger partial charge is 0.166 e. The topological polar surface area (TPSA) is 39.8 Å². The molecular formula is C19H23N3S2. The summed E-state index contributed by atoms with van der Waals surface area (Å²) >= 11 is 7.21. The van der Waals surface area contributed by atoms with Crippen LogP contribution in [0.3, 0.4) is 0 Å². The molecular weight excluding hydrogens is 334 g/mol. The first kappa shape index (κ1) is 17.0. The molecule has 0 saturated heterocycles. The van der Waals surface area contributed by atoms with Crippen molar-refractivity contribution in [1.29, 1.82) is 0 Å². The zero-order valence-electron chi connectivity index (χ0n) is 13.8. The maximum absolute atomic E-state index is 5.41. The molecule has 0 fully saturated rings. The van der Waals surface area contributed by atoms with Crippen LogP contribution < -0.4 is 10.6 Å². The summed E-state index contributed by atoms with van der Waals surface area (Å²) in [6.07, 6.45) is 4.44. The molecule has 0 aliphatic rings. The van der Waals surface area contributed by atoms with Crippen molar-refractivity contribution >= 4 is 39.6 Å². The molecule has 126 valence electrons. The molecule has 3 N–H and O–H groups in total. The van der Waals surface area contributed by atoms with Crippen molar-refractivity contribution < 1.29 is 0 Å². The molecule has 0 amide bonds. The summed E-state index contributed by atoms with van der Waals surface area (Å²) < 4.78 is 0. The molecule has 2 heterocycles. The molecule has 0 saturated carbocycles. The van der Waals surface area contributed by atoms with Gasteiger partial charge in [0.2, 0.25) is 0 Å². The van der Waals surface area contributed by atoms with E-state index in [1.807, 2.05) is 0 Å². The first-order chi connectivity index (χ1) is 11.8. The number of H-pyrrole nitrogens is 1. The third-order valence-electron chi connectivity index (χ3n) is 4.17. The van der Waals surface area contributed by atoms with E-state index < -0.39 is 0 Å². The number of thiocarbonyl (C=S) groups is 1. The normalized spacial score (nSPS) is 12.2. The fourth-order valence-corrected chi connectivity index (χ4v) is 3.90. The lowest BCUT2D eigenvalue weighted by Gasteiger charge is -2.18. The predicted octanol–water partition coefficient (Wildman–Crippen LogP) is 4.63. The van der Waals surface area contributed by atoms with E-state index in [2.05, 4.69) is 70.5 Å². The number of nitrogens with one attached hydrogen (secondary N) is 3. The first-order valence-electron chi connectivity index (χ1n) is 8.40. The molecule has 1 unspecified atom stereocenters. The molecule has 1 aromatic carbocycles. The van der Waals surface area contributed by atoms with Crippen LogP contribution in [-0.2, 0) is 0 Å². The van der Waals surface area contributed by atoms with Crippen LogP contribution >= 0.6 is 23.6 Å². The number of para-hydroxylation sites is 1. The third kappa shape index (κ3) is 3.97. The van der Waals surface area contributed by atoms with E-state index in [-0.39, 0.29) is 5.92 Å². The van der Waals surface area contributed by atoms with Crippen molar-refractivity contribution in [3.8, 4) is 0 Å². The first-order valence-corrected chi connectivity index (χ1v) is 9.69.